The van der Waals surface area contributed by atoms with Crippen LogP contribution in [0, 0.1) is 6.92 Å². The molecule has 0 aliphatic heterocycles. The number of aromatic nitrogens is 2. The van der Waals surface area contributed by atoms with E-state index in [1.807, 2.05) is 0 Å². The number of nitrogens with zero attached hydrogens (tertiary/aromatic N) is 2. The minimum absolute atomic E-state index is 0.0744. The molecule has 1 atom stereocenters. The Labute approximate surface area is 108 Å². The summed E-state index contributed by atoms with van der Waals surface area (Å²) in [5.41, 5.74) is 2.72. The Morgan fingerprint density at radius 1 is 1.37 bits per heavy atom. The zero-order valence-corrected chi connectivity index (χ0v) is 10.6. The molecule has 0 aromatic carbocycles. The fraction of sp³-hybridized carbons (Fsp3) is 0.636. The van der Waals surface area contributed by atoms with Gasteiger partial charge >= 0.3 is 6.18 Å². The highest BCUT2D eigenvalue weighted by atomic mass is 19.4. The lowest BCUT2D eigenvalue weighted by atomic mass is 10.3. The van der Waals surface area contributed by atoms with Crippen LogP contribution in [0.25, 0.3) is 0 Å². The van der Waals surface area contributed by atoms with Crippen LogP contribution in [-0.2, 0) is 0 Å². The zero-order chi connectivity index (χ0) is 14.2. The van der Waals surface area contributed by atoms with Gasteiger partial charge in [-0.1, -0.05) is 0 Å². The number of anilines is 1. The Bertz CT molecular complexity index is 474. The number of ether oxygens (including phenoxy) is 1. The van der Waals surface area contributed by atoms with Crippen molar-refractivity contribution in [3.8, 4) is 5.88 Å². The van der Waals surface area contributed by atoms with Crippen molar-refractivity contribution in [3.63, 3.8) is 0 Å². The normalized spacial score (nSPS) is 17.2. The quantitative estimate of drug-likeness (QED) is 0.652. The lowest BCUT2D eigenvalue weighted by Crippen LogP contribution is -2.32. The zero-order valence-electron chi connectivity index (χ0n) is 10.6. The fourth-order valence-electron chi connectivity index (χ4n) is 1.53. The van der Waals surface area contributed by atoms with Crippen molar-refractivity contribution >= 4 is 5.82 Å². The monoisotopic (exact) mass is 276 g/mol. The maximum absolute atomic E-state index is 12.5. The van der Waals surface area contributed by atoms with Crippen molar-refractivity contribution < 1.29 is 17.9 Å². The lowest BCUT2D eigenvalue weighted by molar-refractivity contribution is -0.190. The van der Waals surface area contributed by atoms with Gasteiger partial charge in [-0.05, 0) is 26.7 Å². The van der Waals surface area contributed by atoms with Crippen molar-refractivity contribution in [1.82, 2.24) is 9.97 Å². The molecule has 1 aliphatic carbocycles. The molecular weight excluding hydrogens is 261 g/mol. The SMILES string of the molecule is Cc1c(NN)nc(C2CC2)nc1OC(C)C(F)(F)F. The minimum Gasteiger partial charge on any atom is -0.465 e. The predicted molar refractivity (Wildman–Crippen MR) is 62.7 cm³/mol. The first-order chi connectivity index (χ1) is 8.82. The van der Waals surface area contributed by atoms with Crippen LogP contribution in [0.5, 0.6) is 5.88 Å². The van der Waals surface area contributed by atoms with Gasteiger partial charge in [0.1, 0.15) is 11.6 Å². The maximum atomic E-state index is 12.5. The van der Waals surface area contributed by atoms with Gasteiger partial charge in [0.05, 0.1) is 5.56 Å². The lowest BCUT2D eigenvalue weighted by Gasteiger charge is -2.19. The van der Waals surface area contributed by atoms with Crippen LogP contribution in [0.4, 0.5) is 19.0 Å². The summed E-state index contributed by atoms with van der Waals surface area (Å²) < 4.78 is 42.4. The predicted octanol–water partition coefficient (Wildman–Crippen LogP) is 2.28. The van der Waals surface area contributed by atoms with E-state index in [2.05, 4.69) is 15.4 Å². The van der Waals surface area contributed by atoms with E-state index in [1.54, 1.807) is 6.92 Å². The molecule has 8 heteroatoms. The Balaban J connectivity index is 2.30. The van der Waals surface area contributed by atoms with E-state index in [0.29, 0.717) is 17.2 Å². The van der Waals surface area contributed by atoms with E-state index in [9.17, 15) is 13.2 Å². The van der Waals surface area contributed by atoms with Gasteiger partial charge in [0.15, 0.2) is 6.10 Å². The van der Waals surface area contributed by atoms with Gasteiger partial charge in [0, 0.05) is 5.92 Å². The van der Waals surface area contributed by atoms with E-state index in [-0.39, 0.29) is 11.8 Å². The number of hydrogen-bond donors (Lipinski definition) is 2. The van der Waals surface area contributed by atoms with Gasteiger partial charge in [-0.15, -0.1) is 0 Å². The summed E-state index contributed by atoms with van der Waals surface area (Å²) in [7, 11) is 0. The standard InChI is InChI=1S/C11H15F3N4O/c1-5-8(18-15)16-9(7-3-4-7)17-10(5)19-6(2)11(12,13)14/h6-7H,3-4,15H2,1-2H3,(H,16,17,18). The van der Waals surface area contributed by atoms with Crippen LogP contribution in [0.2, 0.25) is 0 Å². The smallest absolute Gasteiger partial charge is 0.425 e. The van der Waals surface area contributed by atoms with E-state index in [4.69, 9.17) is 10.6 Å². The average molecular weight is 276 g/mol. The van der Waals surface area contributed by atoms with E-state index < -0.39 is 12.3 Å². The van der Waals surface area contributed by atoms with Gasteiger partial charge in [0.2, 0.25) is 5.88 Å². The number of nitrogens with two attached hydrogens (primary N) is 1. The van der Waals surface area contributed by atoms with E-state index in [1.165, 1.54) is 0 Å². The largest absolute Gasteiger partial charge is 0.465 e. The van der Waals surface area contributed by atoms with Crippen LogP contribution in [-0.4, -0.2) is 22.2 Å². The second-order valence-electron chi connectivity index (χ2n) is 4.58. The number of rotatable bonds is 4. The van der Waals surface area contributed by atoms with Crippen LogP contribution in [0.15, 0.2) is 0 Å². The van der Waals surface area contributed by atoms with Gasteiger partial charge in [0.25, 0.3) is 0 Å². The van der Waals surface area contributed by atoms with Crippen molar-refractivity contribution in [3.05, 3.63) is 11.4 Å². The Morgan fingerprint density at radius 3 is 2.47 bits per heavy atom. The molecule has 1 aromatic heterocycles. The molecule has 0 bridgehead atoms. The second kappa shape index (κ2) is 4.84. The van der Waals surface area contributed by atoms with Crippen LogP contribution >= 0.6 is 0 Å². The first-order valence-electron chi connectivity index (χ1n) is 5.91. The van der Waals surface area contributed by atoms with Gasteiger partial charge in [-0.3, -0.25) is 0 Å². The van der Waals surface area contributed by atoms with Crippen molar-refractivity contribution in [2.45, 2.75) is 44.9 Å². The van der Waals surface area contributed by atoms with Crippen LogP contribution in [0.3, 0.4) is 0 Å². The molecule has 1 fully saturated rings. The number of hydrogen-bond acceptors (Lipinski definition) is 5. The molecule has 0 spiro atoms. The van der Waals surface area contributed by atoms with E-state index in [0.717, 1.165) is 19.8 Å². The van der Waals surface area contributed by atoms with Gasteiger partial charge in [-0.25, -0.2) is 10.8 Å². The highest BCUT2D eigenvalue weighted by Gasteiger charge is 2.39. The summed E-state index contributed by atoms with van der Waals surface area (Å²) in [6.45, 7) is 2.50. The average Bonchev–Trinajstić information content (AvgIpc) is 3.14. The molecule has 1 saturated carbocycles. The summed E-state index contributed by atoms with van der Waals surface area (Å²) in [6.07, 6.45) is -4.50. The summed E-state index contributed by atoms with van der Waals surface area (Å²) >= 11 is 0. The molecular formula is C11H15F3N4O. The molecule has 3 N–H and O–H groups in total. The first-order valence-corrected chi connectivity index (χ1v) is 5.91. The number of hydrazine groups is 1. The molecule has 2 rings (SSSR count). The van der Waals surface area contributed by atoms with Crippen LogP contribution in [0.1, 0.15) is 37.1 Å². The number of halogens is 3. The minimum atomic E-state index is -4.44. The van der Waals surface area contributed by atoms with E-state index >= 15 is 0 Å². The summed E-state index contributed by atoms with van der Waals surface area (Å²) in [5.74, 6) is 6.19. The molecule has 0 saturated heterocycles. The van der Waals surface area contributed by atoms with Crippen LogP contribution < -0.4 is 16.0 Å². The van der Waals surface area contributed by atoms with Crippen molar-refractivity contribution in [2.75, 3.05) is 5.43 Å². The van der Waals surface area contributed by atoms with Gasteiger partial charge < -0.3 is 10.2 Å². The second-order valence-corrected chi connectivity index (χ2v) is 4.58. The summed E-state index contributed by atoms with van der Waals surface area (Å²) in [5, 5.41) is 0. The Morgan fingerprint density at radius 2 is 2.00 bits per heavy atom. The molecule has 1 aliphatic rings. The Kier molecular flexibility index (Phi) is 3.53. The Hall–Kier alpha value is -1.57. The molecule has 1 aromatic rings. The summed E-state index contributed by atoms with van der Waals surface area (Å²) in [6, 6.07) is 0. The fourth-order valence-corrected chi connectivity index (χ4v) is 1.53. The molecule has 1 heterocycles. The third-order valence-corrected chi connectivity index (χ3v) is 2.95. The van der Waals surface area contributed by atoms with Crippen molar-refractivity contribution in [2.24, 2.45) is 5.84 Å². The molecule has 5 nitrogen and oxygen atoms in total. The van der Waals surface area contributed by atoms with Crippen molar-refractivity contribution in [1.29, 1.82) is 0 Å². The molecule has 1 unspecified atom stereocenters. The third-order valence-electron chi connectivity index (χ3n) is 2.95. The third kappa shape index (κ3) is 3.06. The molecule has 0 radical (unpaired) electrons. The van der Waals surface area contributed by atoms with Gasteiger partial charge in [-0.2, -0.15) is 18.2 Å². The highest BCUT2D eigenvalue weighted by Crippen LogP contribution is 2.40. The maximum Gasteiger partial charge on any atom is 0.425 e. The molecule has 106 valence electrons. The highest BCUT2D eigenvalue weighted by molar-refractivity contribution is 5.48. The molecule has 0 amide bonds. The summed E-state index contributed by atoms with van der Waals surface area (Å²) in [4.78, 5) is 8.24. The first kappa shape index (κ1) is 13.9. The number of nitrogens with one attached hydrogen (secondary N) is 1. The number of nitrogen functional groups attached to an aromatic ring is 1. The number of alkyl halides is 3. The molecule has 19 heavy (non-hydrogen) atoms. The topological polar surface area (TPSA) is 73.1 Å².